The smallest absolute Gasteiger partial charge is 0.323 e. The Labute approximate surface area is 82.0 Å². The Morgan fingerprint density at radius 2 is 2.14 bits per heavy atom. The number of carbonyl (C=O) groups is 2. The first-order valence-corrected chi connectivity index (χ1v) is 4.56. The van der Waals surface area contributed by atoms with Crippen molar-refractivity contribution in [2.24, 2.45) is 5.84 Å². The average Bonchev–Trinajstić information content (AvgIpc) is 2.19. The van der Waals surface area contributed by atoms with Crippen LogP contribution in [0.2, 0.25) is 0 Å². The number of hydrogen-bond acceptors (Lipinski definition) is 4. The monoisotopic (exact) mass is 201 g/mol. The minimum absolute atomic E-state index is 0.0248. The molecule has 1 rings (SSSR count). The third-order valence-electron chi connectivity index (χ3n) is 2.44. The standard InChI is InChI=1S/C8H15N3O3/c1-5-2-3-6(12)4-11(5)8(14)7(13)10-9/h5-6,12H,2-4,9H2,1H3,(H,10,13). The molecule has 0 aliphatic carbocycles. The molecule has 14 heavy (non-hydrogen) atoms. The van der Waals surface area contributed by atoms with Crippen molar-refractivity contribution in [2.45, 2.75) is 31.9 Å². The average molecular weight is 201 g/mol. The number of aliphatic hydroxyl groups is 1. The van der Waals surface area contributed by atoms with E-state index in [-0.39, 0.29) is 12.6 Å². The zero-order valence-corrected chi connectivity index (χ0v) is 8.06. The number of carbonyl (C=O) groups excluding carboxylic acids is 2. The van der Waals surface area contributed by atoms with Gasteiger partial charge in [0.2, 0.25) is 0 Å². The Kier molecular flexibility index (Phi) is 3.43. The van der Waals surface area contributed by atoms with Gasteiger partial charge in [0, 0.05) is 12.6 Å². The molecule has 1 aliphatic rings. The van der Waals surface area contributed by atoms with Crippen molar-refractivity contribution >= 4 is 11.8 Å². The first kappa shape index (κ1) is 10.9. The van der Waals surface area contributed by atoms with E-state index in [4.69, 9.17) is 5.84 Å². The zero-order chi connectivity index (χ0) is 10.7. The number of aliphatic hydroxyl groups excluding tert-OH is 1. The Balaban J connectivity index is 2.65. The van der Waals surface area contributed by atoms with E-state index in [9.17, 15) is 14.7 Å². The summed E-state index contributed by atoms with van der Waals surface area (Å²) < 4.78 is 0. The minimum atomic E-state index is -0.842. The molecule has 80 valence electrons. The number of piperidine rings is 1. The summed E-state index contributed by atoms with van der Waals surface area (Å²) in [5.41, 5.74) is 1.79. The Morgan fingerprint density at radius 1 is 1.50 bits per heavy atom. The number of β-amino-alcohol motifs (C(OH)–C–C–N with tert-alkyl or cyclic N) is 1. The highest BCUT2D eigenvalue weighted by atomic mass is 16.3. The van der Waals surface area contributed by atoms with E-state index in [1.54, 1.807) is 5.43 Å². The molecule has 2 unspecified atom stereocenters. The van der Waals surface area contributed by atoms with Crippen LogP contribution in [0, 0.1) is 0 Å². The van der Waals surface area contributed by atoms with Crippen LogP contribution in [0.15, 0.2) is 0 Å². The van der Waals surface area contributed by atoms with Crippen LogP contribution in [0.3, 0.4) is 0 Å². The molecule has 1 fully saturated rings. The van der Waals surface area contributed by atoms with Crippen LogP contribution in [0.1, 0.15) is 19.8 Å². The van der Waals surface area contributed by atoms with Crippen LogP contribution in [0.25, 0.3) is 0 Å². The third-order valence-corrected chi connectivity index (χ3v) is 2.44. The molecule has 1 heterocycles. The van der Waals surface area contributed by atoms with Gasteiger partial charge in [0.15, 0.2) is 0 Å². The summed E-state index contributed by atoms with van der Waals surface area (Å²) in [6.45, 7) is 2.04. The molecular weight excluding hydrogens is 186 g/mol. The van der Waals surface area contributed by atoms with Gasteiger partial charge >= 0.3 is 11.8 Å². The summed E-state index contributed by atoms with van der Waals surface area (Å²) in [6.07, 6.45) is 0.820. The number of hydrogen-bond donors (Lipinski definition) is 3. The lowest BCUT2D eigenvalue weighted by molar-refractivity contribution is -0.149. The number of likely N-dealkylation sites (tertiary alicyclic amines) is 1. The number of nitrogens with one attached hydrogen (secondary N) is 1. The fourth-order valence-corrected chi connectivity index (χ4v) is 1.56. The van der Waals surface area contributed by atoms with Gasteiger partial charge in [-0.15, -0.1) is 0 Å². The first-order chi connectivity index (χ1) is 6.56. The molecule has 0 radical (unpaired) electrons. The highest BCUT2D eigenvalue weighted by molar-refractivity contribution is 6.34. The molecule has 6 heteroatoms. The fraction of sp³-hybridized carbons (Fsp3) is 0.750. The maximum Gasteiger partial charge on any atom is 0.323 e. The summed E-state index contributed by atoms with van der Waals surface area (Å²) >= 11 is 0. The SMILES string of the molecule is CC1CCC(O)CN1C(=O)C(=O)NN. The van der Waals surface area contributed by atoms with E-state index in [0.29, 0.717) is 12.8 Å². The molecule has 0 saturated carbocycles. The molecule has 0 bridgehead atoms. The van der Waals surface area contributed by atoms with Crippen molar-refractivity contribution in [2.75, 3.05) is 6.54 Å². The summed E-state index contributed by atoms with van der Waals surface area (Å²) in [4.78, 5) is 23.7. The Morgan fingerprint density at radius 3 is 2.71 bits per heavy atom. The summed E-state index contributed by atoms with van der Waals surface area (Å²) in [5, 5.41) is 9.34. The third kappa shape index (κ3) is 2.21. The van der Waals surface area contributed by atoms with Crippen LogP contribution in [-0.2, 0) is 9.59 Å². The maximum absolute atomic E-state index is 11.4. The molecular formula is C8H15N3O3. The van der Waals surface area contributed by atoms with Crippen molar-refractivity contribution < 1.29 is 14.7 Å². The van der Waals surface area contributed by atoms with E-state index in [1.165, 1.54) is 4.90 Å². The number of nitrogens with two attached hydrogens (primary N) is 1. The first-order valence-electron chi connectivity index (χ1n) is 4.56. The largest absolute Gasteiger partial charge is 0.391 e. The van der Waals surface area contributed by atoms with E-state index in [0.717, 1.165) is 0 Å². The van der Waals surface area contributed by atoms with Crippen LogP contribution in [-0.4, -0.2) is 40.5 Å². The fourth-order valence-electron chi connectivity index (χ4n) is 1.56. The van der Waals surface area contributed by atoms with Gasteiger partial charge in [0.1, 0.15) is 0 Å². The van der Waals surface area contributed by atoms with E-state index in [2.05, 4.69) is 0 Å². The topological polar surface area (TPSA) is 95.7 Å². The van der Waals surface area contributed by atoms with Gasteiger partial charge < -0.3 is 10.0 Å². The van der Waals surface area contributed by atoms with Crippen molar-refractivity contribution in [1.82, 2.24) is 10.3 Å². The van der Waals surface area contributed by atoms with Crippen LogP contribution in [0.4, 0.5) is 0 Å². The molecule has 1 saturated heterocycles. The normalized spacial score (nSPS) is 27.2. The molecule has 0 aromatic carbocycles. The minimum Gasteiger partial charge on any atom is -0.391 e. The van der Waals surface area contributed by atoms with Gasteiger partial charge in [0.25, 0.3) is 0 Å². The quantitative estimate of drug-likeness (QED) is 0.189. The Bertz CT molecular complexity index is 244. The van der Waals surface area contributed by atoms with Crippen molar-refractivity contribution in [3.05, 3.63) is 0 Å². The highest BCUT2D eigenvalue weighted by Gasteiger charge is 2.31. The predicted molar refractivity (Wildman–Crippen MR) is 48.7 cm³/mol. The number of amides is 2. The lowest BCUT2D eigenvalue weighted by atomic mass is 10.0. The lowest BCUT2D eigenvalue weighted by Crippen LogP contribution is -2.53. The number of rotatable bonds is 0. The molecule has 6 nitrogen and oxygen atoms in total. The van der Waals surface area contributed by atoms with E-state index < -0.39 is 17.9 Å². The zero-order valence-electron chi connectivity index (χ0n) is 8.06. The second-order valence-corrected chi connectivity index (χ2v) is 3.51. The summed E-state index contributed by atoms with van der Waals surface area (Å²) in [6, 6.07) is -0.0248. The Hall–Kier alpha value is -1.14. The molecule has 0 aromatic rings. The predicted octanol–water partition coefficient (Wildman–Crippen LogP) is -1.65. The lowest BCUT2D eigenvalue weighted by Gasteiger charge is -2.35. The van der Waals surface area contributed by atoms with Crippen LogP contribution >= 0.6 is 0 Å². The van der Waals surface area contributed by atoms with Gasteiger partial charge in [-0.2, -0.15) is 0 Å². The summed E-state index contributed by atoms with van der Waals surface area (Å²) in [5.74, 6) is 3.33. The molecule has 2 atom stereocenters. The van der Waals surface area contributed by atoms with E-state index >= 15 is 0 Å². The van der Waals surface area contributed by atoms with Crippen molar-refractivity contribution in [1.29, 1.82) is 0 Å². The molecule has 0 spiro atoms. The second-order valence-electron chi connectivity index (χ2n) is 3.51. The van der Waals surface area contributed by atoms with E-state index in [1.807, 2.05) is 6.92 Å². The molecule has 4 N–H and O–H groups in total. The molecule has 0 aromatic heterocycles. The maximum atomic E-state index is 11.4. The van der Waals surface area contributed by atoms with Crippen molar-refractivity contribution in [3.8, 4) is 0 Å². The van der Waals surface area contributed by atoms with Gasteiger partial charge in [-0.25, -0.2) is 5.84 Å². The second kappa shape index (κ2) is 4.39. The van der Waals surface area contributed by atoms with Gasteiger partial charge in [-0.3, -0.25) is 15.0 Å². The van der Waals surface area contributed by atoms with Gasteiger partial charge in [-0.1, -0.05) is 0 Å². The number of hydrazine groups is 1. The summed E-state index contributed by atoms with van der Waals surface area (Å²) in [7, 11) is 0. The molecule has 2 amide bonds. The van der Waals surface area contributed by atoms with Crippen LogP contribution in [0.5, 0.6) is 0 Å². The van der Waals surface area contributed by atoms with Gasteiger partial charge in [-0.05, 0) is 19.8 Å². The molecule has 1 aliphatic heterocycles. The van der Waals surface area contributed by atoms with Crippen LogP contribution < -0.4 is 11.3 Å². The van der Waals surface area contributed by atoms with Gasteiger partial charge in [0.05, 0.1) is 6.10 Å². The van der Waals surface area contributed by atoms with Crippen molar-refractivity contribution in [3.63, 3.8) is 0 Å². The number of nitrogens with zero attached hydrogens (tertiary/aromatic N) is 1. The highest BCUT2D eigenvalue weighted by Crippen LogP contribution is 2.16.